The fraction of sp³-hybridized carbons (Fsp3) is 0.786. The molecule has 3 aliphatic carbocycles. The molecule has 3 atom stereocenters. The average Bonchev–Trinajstić information content (AvgIpc) is 2.66. The average molecular weight is 204 g/mol. The zero-order valence-electron chi connectivity index (χ0n) is 9.97. The van der Waals surface area contributed by atoms with Crippen molar-refractivity contribution in [2.45, 2.75) is 46.5 Å². The molecule has 0 aromatic heterocycles. The molecule has 0 radical (unpaired) electrons. The number of hydrogen-bond donors (Lipinski definition) is 0. The lowest BCUT2D eigenvalue weighted by Crippen LogP contribution is -2.29. The van der Waals surface area contributed by atoms with Gasteiger partial charge in [0.2, 0.25) is 0 Å². The van der Waals surface area contributed by atoms with Crippen LogP contribution in [0.25, 0.3) is 0 Å². The summed E-state index contributed by atoms with van der Waals surface area (Å²) in [4.78, 5) is 11.5. The monoisotopic (exact) mass is 204 g/mol. The Kier molecular flexibility index (Phi) is 1.64. The van der Waals surface area contributed by atoms with Gasteiger partial charge in [-0.05, 0) is 48.0 Å². The molecular formula is C14H20O. The van der Waals surface area contributed by atoms with Crippen LogP contribution in [0.5, 0.6) is 0 Å². The van der Waals surface area contributed by atoms with Crippen molar-refractivity contribution in [2.24, 2.45) is 22.7 Å². The molecule has 15 heavy (non-hydrogen) atoms. The van der Waals surface area contributed by atoms with E-state index in [0.717, 1.165) is 24.7 Å². The Morgan fingerprint density at radius 2 is 2.00 bits per heavy atom. The molecule has 3 rings (SSSR count). The number of carbonyl (C=O) groups is 1. The van der Waals surface area contributed by atoms with Crippen LogP contribution in [-0.4, -0.2) is 5.78 Å². The van der Waals surface area contributed by atoms with Crippen LogP contribution in [0, 0.1) is 22.7 Å². The molecule has 0 unspecified atom stereocenters. The Bertz CT molecular complexity index is 364. The normalized spacial score (nSPS) is 46.6. The molecule has 0 aromatic rings. The highest BCUT2D eigenvalue weighted by Gasteiger charge is 2.62. The highest BCUT2D eigenvalue weighted by molar-refractivity contribution is 5.91. The fourth-order valence-electron chi connectivity index (χ4n) is 3.93. The van der Waals surface area contributed by atoms with Gasteiger partial charge in [-0.15, -0.1) is 0 Å². The van der Waals surface area contributed by atoms with Gasteiger partial charge >= 0.3 is 0 Å². The van der Waals surface area contributed by atoms with Crippen molar-refractivity contribution in [3.05, 3.63) is 11.6 Å². The van der Waals surface area contributed by atoms with Crippen LogP contribution >= 0.6 is 0 Å². The molecule has 0 bridgehead atoms. The molecule has 0 amide bonds. The van der Waals surface area contributed by atoms with E-state index in [9.17, 15) is 4.79 Å². The van der Waals surface area contributed by atoms with Gasteiger partial charge in [0.05, 0.1) is 0 Å². The quantitative estimate of drug-likeness (QED) is 0.591. The zero-order chi connectivity index (χ0) is 10.8. The molecular weight excluding hydrogens is 184 g/mol. The van der Waals surface area contributed by atoms with Gasteiger partial charge in [0.15, 0.2) is 5.78 Å². The molecule has 2 fully saturated rings. The number of hydrogen-bond acceptors (Lipinski definition) is 1. The summed E-state index contributed by atoms with van der Waals surface area (Å²) in [6, 6.07) is 0. The van der Waals surface area contributed by atoms with Crippen LogP contribution in [0.15, 0.2) is 11.6 Å². The molecule has 1 heteroatoms. The first-order valence-electron chi connectivity index (χ1n) is 6.17. The summed E-state index contributed by atoms with van der Waals surface area (Å²) in [5, 5.41) is 0. The number of fused-ring (bicyclic) bond motifs is 2. The van der Waals surface area contributed by atoms with Crippen molar-refractivity contribution in [2.75, 3.05) is 0 Å². The molecule has 0 spiro atoms. The van der Waals surface area contributed by atoms with Crippen molar-refractivity contribution < 1.29 is 4.79 Å². The maximum atomic E-state index is 11.5. The van der Waals surface area contributed by atoms with Gasteiger partial charge in [-0.1, -0.05) is 26.3 Å². The molecule has 2 saturated carbocycles. The summed E-state index contributed by atoms with van der Waals surface area (Å²) in [5.74, 6) is 2.15. The minimum absolute atomic E-state index is 0.361. The summed E-state index contributed by atoms with van der Waals surface area (Å²) < 4.78 is 0. The van der Waals surface area contributed by atoms with Crippen LogP contribution in [0.3, 0.4) is 0 Å². The predicted octanol–water partition coefficient (Wildman–Crippen LogP) is 3.35. The molecule has 82 valence electrons. The molecule has 0 heterocycles. The van der Waals surface area contributed by atoms with Gasteiger partial charge in [0.1, 0.15) is 0 Å². The predicted molar refractivity (Wildman–Crippen MR) is 60.4 cm³/mol. The highest BCUT2D eigenvalue weighted by atomic mass is 16.1. The van der Waals surface area contributed by atoms with Crippen LogP contribution in [0.2, 0.25) is 0 Å². The van der Waals surface area contributed by atoms with E-state index in [2.05, 4.69) is 20.8 Å². The Morgan fingerprint density at radius 3 is 2.73 bits per heavy atom. The summed E-state index contributed by atoms with van der Waals surface area (Å²) in [7, 11) is 0. The van der Waals surface area contributed by atoms with E-state index in [1.54, 1.807) is 0 Å². The fourth-order valence-corrected chi connectivity index (χ4v) is 3.93. The topological polar surface area (TPSA) is 17.1 Å². The van der Waals surface area contributed by atoms with Gasteiger partial charge in [-0.3, -0.25) is 4.79 Å². The largest absolute Gasteiger partial charge is 0.295 e. The minimum Gasteiger partial charge on any atom is -0.295 e. The van der Waals surface area contributed by atoms with E-state index in [0.29, 0.717) is 16.6 Å². The third-order valence-corrected chi connectivity index (χ3v) is 5.43. The highest BCUT2D eigenvalue weighted by Crippen LogP contribution is 2.70. The molecule has 0 saturated heterocycles. The molecule has 1 nitrogen and oxygen atoms in total. The zero-order valence-corrected chi connectivity index (χ0v) is 9.97. The van der Waals surface area contributed by atoms with E-state index in [1.807, 2.05) is 6.08 Å². The second-order valence-corrected chi connectivity index (χ2v) is 6.64. The Labute approximate surface area is 91.9 Å². The molecule has 0 aromatic carbocycles. The van der Waals surface area contributed by atoms with Crippen LogP contribution in [-0.2, 0) is 4.79 Å². The first-order chi connectivity index (χ1) is 6.93. The van der Waals surface area contributed by atoms with E-state index in [4.69, 9.17) is 0 Å². The molecule has 0 aliphatic heterocycles. The van der Waals surface area contributed by atoms with Crippen LogP contribution in [0.1, 0.15) is 46.5 Å². The lowest BCUT2D eigenvalue weighted by molar-refractivity contribution is -0.115. The summed E-state index contributed by atoms with van der Waals surface area (Å²) in [5.41, 5.74) is 2.37. The first-order valence-corrected chi connectivity index (χ1v) is 6.17. The number of ketones is 1. The summed E-state index contributed by atoms with van der Waals surface area (Å²) in [6.45, 7) is 7.16. The van der Waals surface area contributed by atoms with E-state index in [-0.39, 0.29) is 0 Å². The Balaban J connectivity index is 1.94. The van der Waals surface area contributed by atoms with E-state index in [1.165, 1.54) is 18.4 Å². The number of allylic oxidation sites excluding steroid dienone is 2. The minimum atomic E-state index is 0.361. The van der Waals surface area contributed by atoms with Crippen molar-refractivity contribution >= 4 is 5.78 Å². The van der Waals surface area contributed by atoms with Gasteiger partial charge in [0, 0.05) is 6.42 Å². The van der Waals surface area contributed by atoms with Crippen LogP contribution in [0.4, 0.5) is 0 Å². The van der Waals surface area contributed by atoms with Crippen molar-refractivity contribution in [1.82, 2.24) is 0 Å². The molecule has 3 aliphatic rings. The number of carbonyl (C=O) groups excluding carboxylic acids is 1. The van der Waals surface area contributed by atoms with Crippen molar-refractivity contribution in [3.8, 4) is 0 Å². The lowest BCUT2D eigenvalue weighted by Gasteiger charge is -2.38. The molecule has 0 N–H and O–H groups in total. The number of rotatable bonds is 0. The second-order valence-electron chi connectivity index (χ2n) is 6.64. The van der Waals surface area contributed by atoms with E-state index < -0.39 is 0 Å². The maximum Gasteiger partial charge on any atom is 0.155 e. The van der Waals surface area contributed by atoms with E-state index >= 15 is 0 Å². The second kappa shape index (κ2) is 2.56. The third-order valence-electron chi connectivity index (χ3n) is 5.43. The first kappa shape index (κ1) is 9.62. The smallest absolute Gasteiger partial charge is 0.155 e. The van der Waals surface area contributed by atoms with Gasteiger partial charge < -0.3 is 0 Å². The lowest BCUT2D eigenvalue weighted by atomic mass is 9.66. The maximum absolute atomic E-state index is 11.5. The van der Waals surface area contributed by atoms with Gasteiger partial charge in [-0.25, -0.2) is 0 Å². The van der Waals surface area contributed by atoms with Crippen molar-refractivity contribution in [1.29, 1.82) is 0 Å². The summed E-state index contributed by atoms with van der Waals surface area (Å²) >= 11 is 0. The van der Waals surface area contributed by atoms with Crippen molar-refractivity contribution in [3.63, 3.8) is 0 Å². The standard InChI is InChI=1S/C14H20O/c1-13(2)11-7-9-6-10(15)4-5-14(9,3)8-12(11)13/h6,11-12H,4-5,7-8H2,1-3H3/t11-,12+,14+/m1/s1. The Hall–Kier alpha value is -0.590. The van der Waals surface area contributed by atoms with Gasteiger partial charge in [-0.2, -0.15) is 0 Å². The van der Waals surface area contributed by atoms with Gasteiger partial charge in [0.25, 0.3) is 0 Å². The third kappa shape index (κ3) is 1.18. The van der Waals surface area contributed by atoms with Crippen LogP contribution < -0.4 is 0 Å². The Morgan fingerprint density at radius 1 is 1.27 bits per heavy atom. The summed E-state index contributed by atoms with van der Waals surface area (Å²) in [6.07, 6.45) is 6.35. The SMILES string of the molecule is CC1(C)[C@@H]2CC3=CC(=O)CC[C@@]3(C)C[C@@H]21.